The van der Waals surface area contributed by atoms with Crippen LogP contribution in [0.3, 0.4) is 0 Å². The van der Waals surface area contributed by atoms with Gasteiger partial charge in [-0.05, 0) is 48.7 Å². The van der Waals surface area contributed by atoms with Crippen molar-refractivity contribution in [2.24, 2.45) is 0 Å². The minimum absolute atomic E-state index is 0.0939. The summed E-state index contributed by atoms with van der Waals surface area (Å²) in [6.45, 7) is 2.91. The highest BCUT2D eigenvalue weighted by molar-refractivity contribution is 5.76. The Bertz CT molecular complexity index is 793. The van der Waals surface area contributed by atoms with Crippen molar-refractivity contribution in [2.75, 3.05) is 20.3 Å². The quantitative estimate of drug-likeness (QED) is 0.859. The molecule has 0 bridgehead atoms. The van der Waals surface area contributed by atoms with Crippen LogP contribution < -0.4 is 19.5 Å². The van der Waals surface area contributed by atoms with Gasteiger partial charge in [-0.3, -0.25) is 4.79 Å². The first kappa shape index (κ1) is 18.0. The number of rotatable bonds is 6. The number of carbonyl (C=O) groups is 1. The van der Waals surface area contributed by atoms with Crippen LogP contribution in [-0.2, 0) is 11.2 Å². The molecule has 2 aromatic carbocycles. The van der Waals surface area contributed by atoms with E-state index in [1.807, 2.05) is 25.1 Å². The van der Waals surface area contributed by atoms with E-state index in [1.54, 1.807) is 12.1 Å². The molecule has 1 heterocycles. The molecular weight excluding hydrogens is 337 g/mol. The van der Waals surface area contributed by atoms with Crippen molar-refractivity contribution in [3.8, 4) is 17.2 Å². The second kappa shape index (κ2) is 8.08. The van der Waals surface area contributed by atoms with E-state index >= 15 is 0 Å². The van der Waals surface area contributed by atoms with Gasteiger partial charge in [-0.2, -0.15) is 0 Å². The number of aryl methyl sites for hydroxylation is 1. The molecule has 6 heteroatoms. The van der Waals surface area contributed by atoms with Crippen LogP contribution in [0.2, 0.25) is 0 Å². The SMILES string of the molecule is COc1ccc([C@H](C)NC(=O)CCc2ccc3c(c2)OCCO3)cc1F. The predicted octanol–water partition coefficient (Wildman–Crippen LogP) is 3.42. The van der Waals surface area contributed by atoms with E-state index < -0.39 is 5.82 Å². The largest absolute Gasteiger partial charge is 0.494 e. The molecule has 1 aliphatic rings. The number of ether oxygens (including phenoxy) is 3. The summed E-state index contributed by atoms with van der Waals surface area (Å²) in [6, 6.07) is 10.1. The Balaban J connectivity index is 1.54. The monoisotopic (exact) mass is 359 g/mol. The Morgan fingerprint density at radius 2 is 1.96 bits per heavy atom. The van der Waals surface area contributed by atoms with Gasteiger partial charge in [0.15, 0.2) is 23.1 Å². The molecular formula is C20H22FNO4. The van der Waals surface area contributed by atoms with Gasteiger partial charge < -0.3 is 19.5 Å². The molecule has 26 heavy (non-hydrogen) atoms. The van der Waals surface area contributed by atoms with Gasteiger partial charge in [0, 0.05) is 6.42 Å². The Hall–Kier alpha value is -2.76. The minimum atomic E-state index is -0.442. The van der Waals surface area contributed by atoms with Gasteiger partial charge in [-0.25, -0.2) is 4.39 Å². The zero-order valence-corrected chi connectivity index (χ0v) is 14.9. The van der Waals surface area contributed by atoms with Crippen LogP contribution in [0, 0.1) is 5.82 Å². The molecule has 1 N–H and O–H groups in total. The van der Waals surface area contributed by atoms with Crippen molar-refractivity contribution in [3.05, 3.63) is 53.3 Å². The molecule has 0 fully saturated rings. The van der Waals surface area contributed by atoms with Gasteiger partial charge in [0.05, 0.1) is 13.2 Å². The summed E-state index contributed by atoms with van der Waals surface area (Å²) < 4.78 is 29.7. The molecule has 0 unspecified atom stereocenters. The summed E-state index contributed by atoms with van der Waals surface area (Å²) in [4.78, 5) is 12.2. The maximum absolute atomic E-state index is 13.8. The predicted molar refractivity (Wildman–Crippen MR) is 95.3 cm³/mol. The number of halogens is 1. The highest BCUT2D eigenvalue weighted by Crippen LogP contribution is 2.31. The number of fused-ring (bicyclic) bond motifs is 1. The molecule has 0 saturated heterocycles. The van der Waals surface area contributed by atoms with Gasteiger partial charge in [0.25, 0.3) is 0 Å². The molecule has 0 aliphatic carbocycles. The third kappa shape index (κ3) is 4.25. The lowest BCUT2D eigenvalue weighted by Gasteiger charge is -2.19. The maximum atomic E-state index is 13.8. The summed E-state index contributed by atoms with van der Waals surface area (Å²) in [5.41, 5.74) is 1.70. The van der Waals surface area contributed by atoms with Gasteiger partial charge in [-0.1, -0.05) is 12.1 Å². The Kier molecular flexibility index (Phi) is 5.61. The molecule has 2 aromatic rings. The second-order valence-electron chi connectivity index (χ2n) is 6.16. The van der Waals surface area contributed by atoms with E-state index in [1.165, 1.54) is 13.2 Å². The van der Waals surface area contributed by atoms with E-state index in [0.717, 1.165) is 17.1 Å². The summed E-state index contributed by atoms with van der Waals surface area (Å²) in [7, 11) is 1.42. The fourth-order valence-corrected chi connectivity index (χ4v) is 2.85. The number of hydrogen-bond acceptors (Lipinski definition) is 4. The van der Waals surface area contributed by atoms with Crippen LogP contribution in [-0.4, -0.2) is 26.2 Å². The van der Waals surface area contributed by atoms with E-state index in [0.29, 0.717) is 31.6 Å². The van der Waals surface area contributed by atoms with Gasteiger partial charge >= 0.3 is 0 Å². The van der Waals surface area contributed by atoms with Crippen molar-refractivity contribution in [1.82, 2.24) is 5.32 Å². The smallest absolute Gasteiger partial charge is 0.220 e. The summed E-state index contributed by atoms with van der Waals surface area (Å²) in [6.07, 6.45) is 0.925. The van der Waals surface area contributed by atoms with Gasteiger partial charge in [0.2, 0.25) is 5.91 Å². The molecule has 5 nitrogen and oxygen atoms in total. The number of benzene rings is 2. The number of methoxy groups -OCH3 is 1. The molecule has 0 aromatic heterocycles. The average Bonchev–Trinajstić information content (AvgIpc) is 2.66. The standard InChI is InChI=1S/C20H22FNO4/c1-13(15-5-7-17(24-2)16(21)12-15)22-20(23)8-4-14-3-6-18-19(11-14)26-10-9-25-18/h3,5-7,11-13H,4,8-10H2,1-2H3,(H,22,23)/t13-/m0/s1. The van der Waals surface area contributed by atoms with E-state index in [9.17, 15) is 9.18 Å². The van der Waals surface area contributed by atoms with E-state index in [4.69, 9.17) is 14.2 Å². The van der Waals surface area contributed by atoms with Crippen LogP contribution in [0.4, 0.5) is 4.39 Å². The second-order valence-corrected chi connectivity index (χ2v) is 6.16. The fraction of sp³-hybridized carbons (Fsp3) is 0.350. The van der Waals surface area contributed by atoms with Crippen LogP contribution in [0.1, 0.15) is 30.5 Å². The van der Waals surface area contributed by atoms with E-state index in [-0.39, 0.29) is 17.7 Å². The third-order valence-electron chi connectivity index (χ3n) is 4.30. The van der Waals surface area contributed by atoms with Crippen LogP contribution in [0.25, 0.3) is 0 Å². The Morgan fingerprint density at radius 3 is 2.69 bits per heavy atom. The van der Waals surface area contributed by atoms with Crippen molar-refractivity contribution in [2.45, 2.75) is 25.8 Å². The van der Waals surface area contributed by atoms with Crippen molar-refractivity contribution >= 4 is 5.91 Å². The zero-order chi connectivity index (χ0) is 18.5. The maximum Gasteiger partial charge on any atom is 0.220 e. The highest BCUT2D eigenvalue weighted by Gasteiger charge is 2.14. The van der Waals surface area contributed by atoms with Crippen LogP contribution in [0.5, 0.6) is 17.2 Å². The molecule has 1 atom stereocenters. The molecule has 138 valence electrons. The number of amides is 1. The van der Waals surface area contributed by atoms with Crippen molar-refractivity contribution < 1.29 is 23.4 Å². The first-order chi connectivity index (χ1) is 12.6. The summed E-state index contributed by atoms with van der Waals surface area (Å²) in [5.74, 6) is 1.10. The first-order valence-electron chi connectivity index (χ1n) is 8.58. The van der Waals surface area contributed by atoms with Crippen LogP contribution in [0.15, 0.2) is 36.4 Å². The highest BCUT2D eigenvalue weighted by atomic mass is 19.1. The number of carbonyl (C=O) groups excluding carboxylic acids is 1. The Labute approximate surface area is 152 Å². The van der Waals surface area contributed by atoms with E-state index in [2.05, 4.69) is 5.32 Å². The molecule has 1 aliphatic heterocycles. The number of nitrogens with one attached hydrogen (secondary N) is 1. The fourth-order valence-electron chi connectivity index (χ4n) is 2.85. The first-order valence-corrected chi connectivity index (χ1v) is 8.58. The lowest BCUT2D eigenvalue weighted by atomic mass is 10.1. The zero-order valence-electron chi connectivity index (χ0n) is 14.9. The van der Waals surface area contributed by atoms with Crippen LogP contribution >= 0.6 is 0 Å². The average molecular weight is 359 g/mol. The molecule has 3 rings (SSSR count). The molecule has 0 spiro atoms. The molecule has 0 saturated carbocycles. The number of hydrogen-bond donors (Lipinski definition) is 1. The molecule has 0 radical (unpaired) electrons. The minimum Gasteiger partial charge on any atom is -0.494 e. The lowest BCUT2D eigenvalue weighted by molar-refractivity contribution is -0.121. The normalized spacial score (nSPS) is 13.8. The van der Waals surface area contributed by atoms with Crippen molar-refractivity contribution in [1.29, 1.82) is 0 Å². The van der Waals surface area contributed by atoms with Crippen molar-refractivity contribution in [3.63, 3.8) is 0 Å². The van der Waals surface area contributed by atoms with Gasteiger partial charge in [-0.15, -0.1) is 0 Å². The molecule has 1 amide bonds. The topological polar surface area (TPSA) is 56.8 Å². The third-order valence-corrected chi connectivity index (χ3v) is 4.30. The summed E-state index contributed by atoms with van der Waals surface area (Å²) in [5, 5.41) is 2.89. The van der Waals surface area contributed by atoms with Gasteiger partial charge in [0.1, 0.15) is 13.2 Å². The summed E-state index contributed by atoms with van der Waals surface area (Å²) >= 11 is 0. The Morgan fingerprint density at radius 1 is 1.19 bits per heavy atom. The lowest BCUT2D eigenvalue weighted by Crippen LogP contribution is -2.26.